The number of amides is 1. The van der Waals surface area contributed by atoms with E-state index in [-0.39, 0.29) is 23.3 Å². The lowest BCUT2D eigenvalue weighted by molar-refractivity contribution is -0.122. The predicted octanol–water partition coefficient (Wildman–Crippen LogP) is 2.70. The van der Waals surface area contributed by atoms with Crippen molar-refractivity contribution in [3.8, 4) is 0 Å². The van der Waals surface area contributed by atoms with Crippen LogP contribution in [0.15, 0.2) is 0 Å². The fourth-order valence-electron chi connectivity index (χ4n) is 4.41. The predicted molar refractivity (Wildman–Crippen MR) is 94.6 cm³/mol. The van der Waals surface area contributed by atoms with Crippen molar-refractivity contribution >= 4 is 11.7 Å². The van der Waals surface area contributed by atoms with Crippen LogP contribution in [-0.2, 0) is 16.1 Å². The lowest BCUT2D eigenvalue weighted by Gasteiger charge is -2.32. The fraction of sp³-hybridized carbons (Fsp3) is 0.737. The number of hydrogen-bond acceptors (Lipinski definition) is 4. The molecule has 1 aliphatic carbocycles. The van der Waals surface area contributed by atoms with E-state index in [9.17, 15) is 9.59 Å². The van der Waals surface area contributed by atoms with Gasteiger partial charge in [-0.3, -0.25) is 14.3 Å². The molecule has 25 heavy (non-hydrogen) atoms. The third-order valence-corrected chi connectivity index (χ3v) is 5.62. The molecule has 138 valence electrons. The molecule has 1 aliphatic heterocycles. The highest BCUT2D eigenvalue weighted by Crippen LogP contribution is 2.39. The quantitative estimate of drug-likeness (QED) is 0.831. The zero-order valence-corrected chi connectivity index (χ0v) is 15.6. The average molecular weight is 347 g/mol. The molecule has 0 aromatic carbocycles. The van der Waals surface area contributed by atoms with E-state index < -0.39 is 0 Å². The Morgan fingerprint density at radius 3 is 2.64 bits per heavy atom. The molecule has 1 atom stereocenters. The summed E-state index contributed by atoms with van der Waals surface area (Å²) in [7, 11) is 0. The second kappa shape index (κ2) is 7.28. The first kappa shape index (κ1) is 18.1. The van der Waals surface area contributed by atoms with Crippen molar-refractivity contribution in [2.45, 2.75) is 83.9 Å². The van der Waals surface area contributed by atoms with Crippen LogP contribution in [0.2, 0.25) is 0 Å². The molecular formula is C19H29N3O3. The number of nitrogens with one attached hydrogen (secondary N) is 1. The number of aryl methyl sites for hydroxylation is 2. The molecule has 1 N–H and O–H groups in total. The fourth-order valence-corrected chi connectivity index (χ4v) is 4.41. The molecule has 1 unspecified atom stereocenters. The molecule has 0 bridgehead atoms. The summed E-state index contributed by atoms with van der Waals surface area (Å²) in [6.45, 7) is 6.38. The van der Waals surface area contributed by atoms with Crippen molar-refractivity contribution < 1.29 is 14.3 Å². The van der Waals surface area contributed by atoms with Crippen molar-refractivity contribution in [3.05, 3.63) is 17.0 Å². The van der Waals surface area contributed by atoms with Gasteiger partial charge in [0.15, 0.2) is 5.78 Å². The van der Waals surface area contributed by atoms with Crippen LogP contribution in [0.5, 0.6) is 0 Å². The third kappa shape index (κ3) is 3.94. The Bertz CT molecular complexity index is 659. The normalized spacial score (nSPS) is 22.3. The van der Waals surface area contributed by atoms with Gasteiger partial charge in [-0.15, -0.1) is 0 Å². The number of carbonyl (C=O) groups excluding carboxylic acids is 2. The van der Waals surface area contributed by atoms with E-state index in [0.717, 1.165) is 30.7 Å². The van der Waals surface area contributed by atoms with Gasteiger partial charge in [-0.1, -0.05) is 19.3 Å². The highest BCUT2D eigenvalue weighted by atomic mass is 16.5. The van der Waals surface area contributed by atoms with Crippen molar-refractivity contribution in [2.75, 3.05) is 6.61 Å². The SMILES string of the molecule is CC(=O)c1c(C)nn(CCC(=O)NC2COC3(CCCCC3)C2)c1C. The Hall–Kier alpha value is -1.69. The van der Waals surface area contributed by atoms with Crippen molar-refractivity contribution in [1.29, 1.82) is 0 Å². The number of ether oxygens (including phenoxy) is 1. The van der Waals surface area contributed by atoms with Crippen LogP contribution in [0.3, 0.4) is 0 Å². The van der Waals surface area contributed by atoms with Crippen LogP contribution in [-0.4, -0.2) is 39.7 Å². The molecule has 2 aliphatic rings. The van der Waals surface area contributed by atoms with E-state index >= 15 is 0 Å². The van der Waals surface area contributed by atoms with E-state index in [1.54, 1.807) is 11.6 Å². The standard InChI is InChI=1S/C19H29N3O3/c1-13-18(15(3)23)14(2)22(21-13)10-7-17(24)20-16-11-19(25-12-16)8-5-4-6-9-19/h16H,4-12H2,1-3H3,(H,20,24). The molecule has 1 amide bonds. The number of aromatic nitrogens is 2. The van der Waals surface area contributed by atoms with Crippen LogP contribution >= 0.6 is 0 Å². The van der Waals surface area contributed by atoms with Gasteiger partial charge in [0.05, 0.1) is 29.5 Å². The average Bonchev–Trinajstić information content (AvgIpc) is 3.06. The largest absolute Gasteiger partial charge is 0.373 e. The number of carbonyl (C=O) groups is 2. The molecule has 3 rings (SSSR count). The van der Waals surface area contributed by atoms with Gasteiger partial charge >= 0.3 is 0 Å². The van der Waals surface area contributed by atoms with E-state index in [0.29, 0.717) is 25.1 Å². The second-order valence-corrected chi connectivity index (χ2v) is 7.60. The smallest absolute Gasteiger partial charge is 0.222 e. The van der Waals surface area contributed by atoms with E-state index in [1.807, 2.05) is 13.8 Å². The molecule has 1 saturated heterocycles. The summed E-state index contributed by atoms with van der Waals surface area (Å²) in [5.41, 5.74) is 2.25. The first-order chi connectivity index (χ1) is 11.9. The second-order valence-electron chi connectivity index (χ2n) is 7.60. The first-order valence-corrected chi connectivity index (χ1v) is 9.38. The summed E-state index contributed by atoms with van der Waals surface area (Å²) in [6.07, 6.45) is 7.31. The summed E-state index contributed by atoms with van der Waals surface area (Å²) < 4.78 is 7.82. The number of ketones is 1. The molecule has 6 nitrogen and oxygen atoms in total. The molecule has 2 heterocycles. The minimum absolute atomic E-state index is 0.0161. The lowest BCUT2D eigenvalue weighted by Crippen LogP contribution is -2.37. The van der Waals surface area contributed by atoms with Crippen LogP contribution < -0.4 is 5.32 Å². The number of rotatable bonds is 5. The molecule has 1 saturated carbocycles. The Kier molecular flexibility index (Phi) is 5.27. The van der Waals surface area contributed by atoms with E-state index in [4.69, 9.17) is 4.74 Å². The van der Waals surface area contributed by atoms with Crippen LogP contribution in [0.4, 0.5) is 0 Å². The Morgan fingerprint density at radius 1 is 1.28 bits per heavy atom. The topological polar surface area (TPSA) is 73.2 Å². The summed E-state index contributed by atoms with van der Waals surface area (Å²) in [5.74, 6) is 0.0463. The summed E-state index contributed by atoms with van der Waals surface area (Å²) in [4.78, 5) is 24.0. The first-order valence-electron chi connectivity index (χ1n) is 9.38. The van der Waals surface area contributed by atoms with Gasteiger partial charge in [-0.05, 0) is 40.0 Å². The van der Waals surface area contributed by atoms with Gasteiger partial charge < -0.3 is 10.1 Å². The van der Waals surface area contributed by atoms with Gasteiger partial charge in [-0.2, -0.15) is 5.10 Å². The Labute approximate surface area is 149 Å². The van der Waals surface area contributed by atoms with Gasteiger partial charge in [-0.25, -0.2) is 0 Å². The molecular weight excluding hydrogens is 318 g/mol. The van der Waals surface area contributed by atoms with Crippen LogP contribution in [0.1, 0.15) is 73.6 Å². The monoisotopic (exact) mass is 347 g/mol. The van der Waals surface area contributed by atoms with Crippen molar-refractivity contribution in [3.63, 3.8) is 0 Å². The van der Waals surface area contributed by atoms with Gasteiger partial charge in [0, 0.05) is 18.7 Å². The number of nitrogens with zero attached hydrogens (tertiary/aromatic N) is 2. The lowest BCUT2D eigenvalue weighted by atomic mass is 9.82. The van der Waals surface area contributed by atoms with Gasteiger partial charge in [0.25, 0.3) is 0 Å². The van der Waals surface area contributed by atoms with E-state index in [1.165, 1.54) is 19.3 Å². The van der Waals surface area contributed by atoms with Crippen molar-refractivity contribution in [1.82, 2.24) is 15.1 Å². The summed E-state index contributed by atoms with van der Waals surface area (Å²) in [5, 5.41) is 7.51. The van der Waals surface area contributed by atoms with Crippen LogP contribution in [0, 0.1) is 13.8 Å². The highest BCUT2D eigenvalue weighted by molar-refractivity contribution is 5.96. The molecule has 2 fully saturated rings. The van der Waals surface area contributed by atoms with E-state index in [2.05, 4.69) is 10.4 Å². The van der Waals surface area contributed by atoms with Crippen LogP contribution in [0.25, 0.3) is 0 Å². The molecule has 0 radical (unpaired) electrons. The maximum absolute atomic E-state index is 12.3. The maximum atomic E-state index is 12.3. The molecule has 6 heteroatoms. The zero-order valence-electron chi connectivity index (χ0n) is 15.6. The van der Waals surface area contributed by atoms with Gasteiger partial charge in [0.2, 0.25) is 5.91 Å². The Morgan fingerprint density at radius 2 is 2.00 bits per heavy atom. The molecule has 1 aromatic rings. The number of hydrogen-bond donors (Lipinski definition) is 1. The summed E-state index contributed by atoms with van der Waals surface area (Å²) in [6, 6.07) is 0.124. The maximum Gasteiger partial charge on any atom is 0.222 e. The minimum atomic E-state index is 0.0161. The third-order valence-electron chi connectivity index (χ3n) is 5.62. The molecule has 1 spiro atoms. The minimum Gasteiger partial charge on any atom is -0.373 e. The zero-order chi connectivity index (χ0) is 18.0. The Balaban J connectivity index is 1.51. The molecule has 1 aromatic heterocycles. The van der Waals surface area contributed by atoms with Gasteiger partial charge in [0.1, 0.15) is 0 Å². The van der Waals surface area contributed by atoms with Crippen molar-refractivity contribution in [2.24, 2.45) is 0 Å². The summed E-state index contributed by atoms with van der Waals surface area (Å²) >= 11 is 0. The highest BCUT2D eigenvalue weighted by Gasteiger charge is 2.41. The number of Topliss-reactive ketones (excluding diaryl/α,β-unsaturated/α-hetero) is 1.